The number of rotatable bonds is 4. The summed E-state index contributed by atoms with van der Waals surface area (Å²) in [6, 6.07) is 13.8. The number of aromatic nitrogens is 2. The number of piperidine rings is 1. The van der Waals surface area contributed by atoms with Crippen molar-refractivity contribution in [2.75, 3.05) is 13.1 Å². The molecule has 9 nitrogen and oxygen atoms in total. The van der Waals surface area contributed by atoms with E-state index in [9.17, 15) is 18.0 Å². The molecule has 2 aromatic carbocycles. The number of aromatic amines is 1. The Morgan fingerprint density at radius 3 is 2.61 bits per heavy atom. The van der Waals surface area contributed by atoms with Crippen LogP contribution in [0.4, 0.5) is 0 Å². The van der Waals surface area contributed by atoms with Gasteiger partial charge in [-0.05, 0) is 38.0 Å². The van der Waals surface area contributed by atoms with Crippen molar-refractivity contribution in [2.45, 2.75) is 24.7 Å². The van der Waals surface area contributed by atoms with Gasteiger partial charge in [-0.2, -0.15) is 9.40 Å². The first kappa shape index (κ1) is 21.0. The van der Waals surface area contributed by atoms with Crippen LogP contribution in [0.5, 0.6) is 0 Å². The Hall–Kier alpha value is -3.24. The molecule has 10 heteroatoms. The number of sulfonamides is 1. The summed E-state index contributed by atoms with van der Waals surface area (Å²) < 4.78 is 27.2. The maximum atomic E-state index is 12.9. The molecule has 2 amide bonds. The summed E-state index contributed by atoms with van der Waals surface area (Å²) in [4.78, 5) is 25.2. The minimum Gasteiger partial charge on any atom is -0.277 e. The van der Waals surface area contributed by atoms with Gasteiger partial charge in [0.05, 0.1) is 16.3 Å². The van der Waals surface area contributed by atoms with Crippen molar-refractivity contribution in [2.24, 2.45) is 5.92 Å². The van der Waals surface area contributed by atoms with Crippen molar-refractivity contribution in [1.82, 2.24) is 25.4 Å². The zero-order valence-corrected chi connectivity index (χ0v) is 17.8. The highest BCUT2D eigenvalue weighted by atomic mass is 32.2. The van der Waals surface area contributed by atoms with Crippen LogP contribution >= 0.6 is 0 Å². The molecule has 1 saturated heterocycles. The topological polar surface area (TPSA) is 124 Å². The predicted octanol–water partition coefficient (Wildman–Crippen LogP) is 1.73. The number of nitrogens with one attached hydrogen (secondary N) is 3. The molecule has 0 spiro atoms. The maximum absolute atomic E-state index is 12.9. The van der Waals surface area contributed by atoms with Crippen molar-refractivity contribution in [1.29, 1.82) is 0 Å². The summed E-state index contributed by atoms with van der Waals surface area (Å²) in [5.74, 6) is -1.55. The molecule has 2 heterocycles. The molecule has 1 aliphatic rings. The van der Waals surface area contributed by atoms with E-state index in [-0.39, 0.29) is 17.1 Å². The number of nitrogens with zero attached hydrogens (tertiary/aromatic N) is 2. The van der Waals surface area contributed by atoms with E-state index >= 15 is 0 Å². The van der Waals surface area contributed by atoms with Gasteiger partial charge < -0.3 is 0 Å². The number of hydrazine groups is 1. The largest absolute Gasteiger partial charge is 0.290 e. The van der Waals surface area contributed by atoms with Crippen LogP contribution in [-0.4, -0.2) is 47.8 Å². The number of carbonyl (C=O) groups excluding carboxylic acids is 2. The van der Waals surface area contributed by atoms with Crippen LogP contribution in [0, 0.1) is 12.8 Å². The van der Waals surface area contributed by atoms with Gasteiger partial charge in [-0.25, -0.2) is 8.42 Å². The lowest BCUT2D eigenvalue weighted by atomic mass is 9.99. The van der Waals surface area contributed by atoms with E-state index in [1.54, 1.807) is 42.5 Å². The second-order valence-electron chi connectivity index (χ2n) is 7.58. The summed E-state index contributed by atoms with van der Waals surface area (Å²) in [6.07, 6.45) is 1.09. The molecule has 162 valence electrons. The van der Waals surface area contributed by atoms with Gasteiger partial charge in [0.2, 0.25) is 15.9 Å². The third kappa shape index (κ3) is 4.30. The Kier molecular flexibility index (Phi) is 5.75. The first-order valence-electron chi connectivity index (χ1n) is 9.96. The molecule has 0 aliphatic carbocycles. The Morgan fingerprint density at radius 2 is 1.84 bits per heavy atom. The predicted molar refractivity (Wildman–Crippen MR) is 114 cm³/mol. The fraction of sp³-hybridized carbons (Fsp3) is 0.286. The Bertz CT molecular complexity index is 1220. The van der Waals surface area contributed by atoms with Crippen LogP contribution in [-0.2, 0) is 14.8 Å². The normalized spacial score (nSPS) is 17.4. The lowest BCUT2D eigenvalue weighted by Crippen LogP contribution is -2.50. The molecule has 0 saturated carbocycles. The minimum atomic E-state index is -3.68. The first-order chi connectivity index (χ1) is 14.9. The molecule has 3 aromatic rings. The Morgan fingerprint density at radius 1 is 1.10 bits per heavy atom. The molecule has 3 N–H and O–H groups in total. The van der Waals surface area contributed by atoms with Gasteiger partial charge >= 0.3 is 0 Å². The van der Waals surface area contributed by atoms with Crippen molar-refractivity contribution in [3.8, 4) is 0 Å². The van der Waals surface area contributed by atoms with E-state index < -0.39 is 27.8 Å². The van der Waals surface area contributed by atoms with Gasteiger partial charge in [0.15, 0.2) is 5.69 Å². The van der Waals surface area contributed by atoms with E-state index in [2.05, 4.69) is 21.0 Å². The lowest BCUT2D eigenvalue weighted by molar-refractivity contribution is -0.126. The van der Waals surface area contributed by atoms with Crippen molar-refractivity contribution < 1.29 is 18.0 Å². The number of H-pyrrole nitrogens is 1. The first-order valence-corrected chi connectivity index (χ1v) is 11.4. The molecule has 0 unspecified atom stereocenters. The SMILES string of the molecule is Cc1ccc(S(=O)(=O)N2CCC[C@H](C(=O)NNC(=O)c3n[nH]c4ccccc34)C2)cc1. The Balaban J connectivity index is 1.39. The lowest BCUT2D eigenvalue weighted by Gasteiger charge is -2.31. The van der Waals surface area contributed by atoms with E-state index in [0.717, 1.165) is 5.56 Å². The fourth-order valence-electron chi connectivity index (χ4n) is 3.65. The van der Waals surface area contributed by atoms with Gasteiger partial charge in [-0.1, -0.05) is 35.9 Å². The monoisotopic (exact) mass is 441 g/mol. The van der Waals surface area contributed by atoms with Crippen LogP contribution in [0.2, 0.25) is 0 Å². The molecule has 0 bridgehead atoms. The van der Waals surface area contributed by atoms with Gasteiger partial charge in [0, 0.05) is 18.5 Å². The number of hydrogen-bond acceptors (Lipinski definition) is 5. The number of hydrogen-bond donors (Lipinski definition) is 3. The summed E-state index contributed by atoms with van der Waals surface area (Å²) >= 11 is 0. The number of benzene rings is 2. The number of amides is 2. The van der Waals surface area contributed by atoms with E-state index in [1.807, 2.05) is 13.0 Å². The van der Waals surface area contributed by atoms with Crippen molar-refractivity contribution in [3.05, 3.63) is 59.8 Å². The van der Waals surface area contributed by atoms with Gasteiger partial charge in [0.1, 0.15) is 0 Å². The summed E-state index contributed by atoms with van der Waals surface area (Å²) in [6.45, 7) is 2.30. The average molecular weight is 442 g/mol. The van der Waals surface area contributed by atoms with Crippen LogP contribution in [0.15, 0.2) is 53.4 Å². The second kappa shape index (κ2) is 8.48. The number of aryl methyl sites for hydroxylation is 1. The molecule has 0 radical (unpaired) electrons. The molecule has 4 rings (SSSR count). The van der Waals surface area contributed by atoms with Crippen LogP contribution in [0.3, 0.4) is 0 Å². The van der Waals surface area contributed by atoms with Crippen molar-refractivity contribution >= 4 is 32.7 Å². The molecule has 1 atom stereocenters. The van der Waals surface area contributed by atoms with E-state index in [4.69, 9.17) is 0 Å². The highest BCUT2D eigenvalue weighted by molar-refractivity contribution is 7.89. The standard InChI is InChI=1S/C21H23N5O4S/c1-14-8-10-16(11-9-14)31(29,30)26-12-4-5-15(13-26)20(27)24-25-21(28)19-17-6-2-3-7-18(17)22-23-19/h2-3,6-11,15H,4-5,12-13H2,1H3,(H,22,23)(H,24,27)(H,25,28)/t15-/m0/s1. The highest BCUT2D eigenvalue weighted by Gasteiger charge is 2.33. The zero-order valence-electron chi connectivity index (χ0n) is 17.0. The molecule has 31 heavy (non-hydrogen) atoms. The summed E-state index contributed by atoms with van der Waals surface area (Å²) in [5, 5.41) is 7.40. The Labute approximate surface area is 179 Å². The molecular weight excluding hydrogens is 418 g/mol. The third-order valence-electron chi connectivity index (χ3n) is 5.40. The minimum absolute atomic E-state index is 0.0588. The summed E-state index contributed by atoms with van der Waals surface area (Å²) in [7, 11) is -3.68. The quantitative estimate of drug-likeness (QED) is 0.532. The fourth-order valence-corrected chi connectivity index (χ4v) is 5.17. The maximum Gasteiger partial charge on any atom is 0.290 e. The van der Waals surface area contributed by atoms with E-state index in [1.165, 1.54) is 4.31 Å². The second-order valence-corrected chi connectivity index (χ2v) is 9.51. The molecule has 1 aliphatic heterocycles. The van der Waals surface area contributed by atoms with Gasteiger partial charge in [0.25, 0.3) is 5.91 Å². The molecule has 1 fully saturated rings. The van der Waals surface area contributed by atoms with Crippen molar-refractivity contribution in [3.63, 3.8) is 0 Å². The van der Waals surface area contributed by atoms with Crippen LogP contribution in [0.1, 0.15) is 28.9 Å². The van der Waals surface area contributed by atoms with Crippen LogP contribution in [0.25, 0.3) is 10.9 Å². The van der Waals surface area contributed by atoms with Gasteiger partial charge in [-0.3, -0.25) is 25.5 Å². The van der Waals surface area contributed by atoms with E-state index in [0.29, 0.717) is 30.3 Å². The average Bonchev–Trinajstić information content (AvgIpc) is 3.22. The molecular formula is C21H23N5O4S. The molecule has 1 aromatic heterocycles. The number of fused-ring (bicyclic) bond motifs is 1. The third-order valence-corrected chi connectivity index (χ3v) is 7.28. The zero-order chi connectivity index (χ0) is 22.0. The smallest absolute Gasteiger partial charge is 0.277 e. The summed E-state index contributed by atoms with van der Waals surface area (Å²) in [5.41, 5.74) is 6.64. The number of para-hydroxylation sites is 1. The van der Waals surface area contributed by atoms with Gasteiger partial charge in [-0.15, -0.1) is 0 Å². The highest BCUT2D eigenvalue weighted by Crippen LogP contribution is 2.24. The number of carbonyl (C=O) groups is 2. The van der Waals surface area contributed by atoms with Crippen LogP contribution < -0.4 is 10.9 Å².